The van der Waals surface area contributed by atoms with Gasteiger partial charge in [-0.25, -0.2) is 4.39 Å². The van der Waals surface area contributed by atoms with Crippen molar-refractivity contribution < 1.29 is 9.18 Å². The summed E-state index contributed by atoms with van der Waals surface area (Å²) in [4.78, 5) is 12.1. The van der Waals surface area contributed by atoms with Crippen LogP contribution in [-0.2, 0) is 0 Å². The van der Waals surface area contributed by atoms with Gasteiger partial charge in [0.25, 0.3) is 5.91 Å². The van der Waals surface area contributed by atoms with Crippen LogP contribution in [0.5, 0.6) is 0 Å². The lowest BCUT2D eigenvalue weighted by atomic mass is 10.0. The number of hydrogen-bond donors (Lipinski definition) is 1. The Morgan fingerprint density at radius 3 is 2.45 bits per heavy atom. The Morgan fingerprint density at radius 1 is 1.15 bits per heavy atom. The Morgan fingerprint density at radius 2 is 1.80 bits per heavy atom. The molecule has 2 aromatic rings. The van der Waals surface area contributed by atoms with E-state index in [-0.39, 0.29) is 11.7 Å². The van der Waals surface area contributed by atoms with Crippen LogP contribution in [0.3, 0.4) is 0 Å². The second-order valence-electron chi connectivity index (χ2n) is 4.44. The molecule has 2 aromatic carbocycles. The molecule has 1 N–H and O–H groups in total. The van der Waals surface area contributed by atoms with Crippen LogP contribution >= 0.6 is 0 Å². The number of hydrogen-bond acceptors (Lipinski definition) is 1. The number of carbonyl (C=O) groups is 1. The molecule has 2 rings (SSSR count). The smallest absolute Gasteiger partial charge is 0.251 e. The molecule has 0 saturated heterocycles. The third kappa shape index (κ3) is 3.32. The van der Waals surface area contributed by atoms with E-state index < -0.39 is 6.04 Å². The summed E-state index contributed by atoms with van der Waals surface area (Å²) < 4.78 is 13.8. The first-order chi connectivity index (χ1) is 9.72. The van der Waals surface area contributed by atoms with Gasteiger partial charge in [-0.3, -0.25) is 4.79 Å². The predicted molar refractivity (Wildman–Crippen MR) is 77.9 cm³/mol. The highest BCUT2D eigenvalue weighted by atomic mass is 19.1. The first-order valence-electron chi connectivity index (χ1n) is 6.43. The molecule has 2 nitrogen and oxygen atoms in total. The highest BCUT2D eigenvalue weighted by Gasteiger charge is 2.17. The van der Waals surface area contributed by atoms with E-state index in [0.717, 1.165) is 0 Å². The van der Waals surface area contributed by atoms with Gasteiger partial charge >= 0.3 is 0 Å². The second-order valence-corrected chi connectivity index (χ2v) is 4.44. The molecule has 0 unspecified atom stereocenters. The van der Waals surface area contributed by atoms with Crippen LogP contribution in [0.4, 0.5) is 4.39 Å². The van der Waals surface area contributed by atoms with Crippen LogP contribution in [0.2, 0.25) is 0 Å². The molecule has 102 valence electrons. The maximum atomic E-state index is 13.8. The zero-order valence-electron chi connectivity index (χ0n) is 11.1. The van der Waals surface area contributed by atoms with Crippen LogP contribution in [0.15, 0.2) is 67.3 Å². The molecule has 0 fully saturated rings. The zero-order valence-corrected chi connectivity index (χ0v) is 11.1. The van der Waals surface area contributed by atoms with Crippen LogP contribution in [0, 0.1) is 5.82 Å². The highest BCUT2D eigenvalue weighted by Crippen LogP contribution is 2.21. The fourth-order valence-corrected chi connectivity index (χ4v) is 2.02. The zero-order chi connectivity index (χ0) is 14.4. The largest absolute Gasteiger partial charge is 0.345 e. The van der Waals surface area contributed by atoms with Crippen LogP contribution < -0.4 is 5.32 Å². The topological polar surface area (TPSA) is 29.1 Å². The van der Waals surface area contributed by atoms with Gasteiger partial charge in [-0.2, -0.15) is 0 Å². The van der Waals surface area contributed by atoms with E-state index in [4.69, 9.17) is 0 Å². The summed E-state index contributed by atoms with van der Waals surface area (Å²) in [5.74, 6) is -0.548. The molecule has 0 spiro atoms. The third-order valence-electron chi connectivity index (χ3n) is 3.02. The van der Waals surface area contributed by atoms with Gasteiger partial charge in [0.15, 0.2) is 0 Å². The van der Waals surface area contributed by atoms with Crippen LogP contribution in [0.1, 0.15) is 28.4 Å². The fraction of sp³-hybridized carbons (Fsp3) is 0.118. The first-order valence-corrected chi connectivity index (χ1v) is 6.43. The molecule has 20 heavy (non-hydrogen) atoms. The minimum Gasteiger partial charge on any atom is -0.345 e. The number of nitrogens with one attached hydrogen (secondary N) is 1. The molecule has 3 heteroatoms. The van der Waals surface area contributed by atoms with Gasteiger partial charge in [0.2, 0.25) is 0 Å². The summed E-state index contributed by atoms with van der Waals surface area (Å²) in [6, 6.07) is 14.9. The standard InChI is InChI=1S/C17H16FNO/c1-2-8-16(14-11-6-7-12-15(14)18)19-17(20)13-9-4-3-5-10-13/h2-7,9-12,16H,1,8H2,(H,19,20)/t16-/m0/s1. The van der Waals surface area contributed by atoms with E-state index in [1.807, 2.05) is 6.07 Å². The molecule has 0 bridgehead atoms. The Labute approximate surface area is 118 Å². The number of amides is 1. The maximum Gasteiger partial charge on any atom is 0.251 e. The van der Waals surface area contributed by atoms with E-state index >= 15 is 0 Å². The van der Waals surface area contributed by atoms with Crippen molar-refractivity contribution in [2.45, 2.75) is 12.5 Å². The van der Waals surface area contributed by atoms with Crippen LogP contribution in [0.25, 0.3) is 0 Å². The lowest BCUT2D eigenvalue weighted by Crippen LogP contribution is -2.28. The van der Waals surface area contributed by atoms with Gasteiger partial charge in [0.1, 0.15) is 5.82 Å². The Kier molecular flexibility index (Phi) is 4.66. The summed E-state index contributed by atoms with van der Waals surface area (Å²) in [6.07, 6.45) is 2.14. The monoisotopic (exact) mass is 269 g/mol. The van der Waals surface area contributed by atoms with Gasteiger partial charge in [-0.15, -0.1) is 6.58 Å². The normalized spacial score (nSPS) is 11.7. The summed E-state index contributed by atoms with van der Waals surface area (Å²) in [7, 11) is 0. The lowest BCUT2D eigenvalue weighted by molar-refractivity contribution is 0.0936. The predicted octanol–water partition coefficient (Wildman–Crippen LogP) is 3.87. The third-order valence-corrected chi connectivity index (χ3v) is 3.02. The molecule has 0 aliphatic heterocycles. The highest BCUT2D eigenvalue weighted by molar-refractivity contribution is 5.94. The van der Waals surface area contributed by atoms with Crippen molar-refractivity contribution in [2.75, 3.05) is 0 Å². The Bertz CT molecular complexity index is 595. The minimum absolute atomic E-state index is 0.222. The summed E-state index contributed by atoms with van der Waals surface area (Å²) in [5.41, 5.74) is 1.02. The van der Waals surface area contributed by atoms with Gasteiger partial charge in [-0.05, 0) is 24.6 Å². The molecule has 0 aromatic heterocycles. The minimum atomic E-state index is -0.415. The molecule has 0 heterocycles. The SMILES string of the molecule is C=CC[C@H](NC(=O)c1ccccc1)c1ccccc1F. The molecule has 0 aliphatic carbocycles. The summed E-state index contributed by atoms with van der Waals surface area (Å²) in [6.45, 7) is 3.66. The number of rotatable bonds is 5. The van der Waals surface area contributed by atoms with E-state index in [2.05, 4.69) is 11.9 Å². The van der Waals surface area contributed by atoms with Gasteiger partial charge in [-0.1, -0.05) is 42.5 Å². The Balaban J connectivity index is 2.20. The number of halogens is 1. The summed E-state index contributed by atoms with van der Waals surface area (Å²) >= 11 is 0. The van der Waals surface area contributed by atoms with Crippen molar-refractivity contribution in [3.05, 3.63) is 84.2 Å². The number of carbonyl (C=O) groups excluding carboxylic acids is 1. The van der Waals surface area contributed by atoms with Crippen molar-refractivity contribution in [3.63, 3.8) is 0 Å². The van der Waals surface area contributed by atoms with Crippen molar-refractivity contribution in [1.29, 1.82) is 0 Å². The quantitative estimate of drug-likeness (QED) is 0.820. The van der Waals surface area contributed by atoms with E-state index in [1.54, 1.807) is 48.5 Å². The van der Waals surface area contributed by atoms with Crippen molar-refractivity contribution in [2.24, 2.45) is 0 Å². The molecular weight excluding hydrogens is 253 g/mol. The van der Waals surface area contributed by atoms with Gasteiger partial charge in [0.05, 0.1) is 6.04 Å². The van der Waals surface area contributed by atoms with Crippen molar-refractivity contribution >= 4 is 5.91 Å². The van der Waals surface area contributed by atoms with Gasteiger partial charge < -0.3 is 5.32 Å². The van der Waals surface area contributed by atoms with Crippen molar-refractivity contribution in [3.8, 4) is 0 Å². The Hall–Kier alpha value is -2.42. The second kappa shape index (κ2) is 6.66. The maximum absolute atomic E-state index is 13.8. The molecule has 0 aliphatic rings. The van der Waals surface area contributed by atoms with E-state index in [1.165, 1.54) is 6.07 Å². The van der Waals surface area contributed by atoms with E-state index in [0.29, 0.717) is 17.5 Å². The molecule has 0 radical (unpaired) electrons. The van der Waals surface area contributed by atoms with Crippen LogP contribution in [-0.4, -0.2) is 5.91 Å². The first kappa shape index (κ1) is 14.0. The molecule has 1 amide bonds. The van der Waals surface area contributed by atoms with E-state index in [9.17, 15) is 9.18 Å². The molecular formula is C17H16FNO. The fourth-order valence-electron chi connectivity index (χ4n) is 2.02. The average Bonchev–Trinajstić information content (AvgIpc) is 2.48. The van der Waals surface area contributed by atoms with Gasteiger partial charge in [0, 0.05) is 11.1 Å². The molecule has 0 saturated carbocycles. The number of benzene rings is 2. The summed E-state index contributed by atoms with van der Waals surface area (Å²) in [5, 5.41) is 2.84. The lowest BCUT2D eigenvalue weighted by Gasteiger charge is -2.18. The average molecular weight is 269 g/mol. The van der Waals surface area contributed by atoms with Crippen molar-refractivity contribution in [1.82, 2.24) is 5.32 Å². The molecule has 1 atom stereocenters.